The van der Waals surface area contributed by atoms with E-state index in [1.54, 1.807) is 14.0 Å². The van der Waals surface area contributed by atoms with Gasteiger partial charge in [0.05, 0.1) is 31.5 Å². The van der Waals surface area contributed by atoms with Crippen LogP contribution in [-0.2, 0) is 16.0 Å². The molecule has 0 saturated heterocycles. The van der Waals surface area contributed by atoms with E-state index in [2.05, 4.69) is 26.2 Å². The number of ether oxygens (including phenoxy) is 2. The highest BCUT2D eigenvalue weighted by molar-refractivity contribution is 9.10. The molecule has 0 unspecified atom stereocenters. The highest BCUT2D eigenvalue weighted by Crippen LogP contribution is 2.31. The summed E-state index contributed by atoms with van der Waals surface area (Å²) < 4.78 is 11.0. The van der Waals surface area contributed by atoms with E-state index in [0.29, 0.717) is 17.4 Å². The number of benzene rings is 1. The Morgan fingerprint density at radius 3 is 3.00 bits per heavy atom. The molecule has 0 bridgehead atoms. The molecule has 2 rings (SSSR count). The Kier molecular flexibility index (Phi) is 5.58. The van der Waals surface area contributed by atoms with Gasteiger partial charge < -0.3 is 14.8 Å². The zero-order valence-corrected chi connectivity index (χ0v) is 14.1. The number of nitrogens with zero attached hydrogens (tertiary/aromatic N) is 1. The topological polar surface area (TPSA) is 60.5 Å². The minimum Gasteiger partial charge on any atom is -0.497 e. The number of hydrogen-bond acceptors (Lipinski definition) is 6. The molecule has 0 fully saturated rings. The number of halogens is 1. The summed E-state index contributed by atoms with van der Waals surface area (Å²) >= 11 is 4.90. The number of anilines is 2. The minimum absolute atomic E-state index is 0.186. The third-order valence-corrected chi connectivity index (χ3v) is 4.10. The largest absolute Gasteiger partial charge is 0.497 e. The summed E-state index contributed by atoms with van der Waals surface area (Å²) in [6, 6.07) is 5.63. The maximum Gasteiger partial charge on any atom is 0.311 e. The van der Waals surface area contributed by atoms with Gasteiger partial charge in [-0.25, -0.2) is 4.98 Å². The standard InChI is InChI=1S/C14H15BrN2O3S/c1-3-20-13(18)6-9-8-21-14(16-9)17-12-7-10(19-2)4-5-11(12)15/h4-5,7-8H,3,6H2,1-2H3,(H,16,17). The van der Waals surface area contributed by atoms with Crippen molar-refractivity contribution in [2.45, 2.75) is 13.3 Å². The number of aromatic nitrogens is 1. The van der Waals surface area contributed by atoms with Crippen molar-refractivity contribution >= 4 is 44.1 Å². The zero-order valence-electron chi connectivity index (χ0n) is 11.7. The lowest BCUT2D eigenvalue weighted by molar-refractivity contribution is -0.142. The van der Waals surface area contributed by atoms with Crippen LogP contribution in [0.25, 0.3) is 0 Å². The molecule has 5 nitrogen and oxygen atoms in total. The first kappa shape index (κ1) is 15.8. The van der Waals surface area contributed by atoms with Gasteiger partial charge >= 0.3 is 5.97 Å². The lowest BCUT2D eigenvalue weighted by atomic mass is 10.3. The third kappa shape index (κ3) is 4.44. The third-order valence-electron chi connectivity index (χ3n) is 2.60. The maximum atomic E-state index is 11.4. The van der Waals surface area contributed by atoms with Crippen LogP contribution < -0.4 is 10.1 Å². The molecule has 0 spiro atoms. The Bertz CT molecular complexity index is 630. The van der Waals surface area contributed by atoms with Crippen molar-refractivity contribution in [2.75, 3.05) is 19.0 Å². The Balaban J connectivity index is 2.07. The predicted molar refractivity (Wildman–Crippen MR) is 86.4 cm³/mol. The van der Waals surface area contributed by atoms with E-state index < -0.39 is 0 Å². The van der Waals surface area contributed by atoms with Gasteiger partial charge in [-0.15, -0.1) is 11.3 Å². The normalized spacial score (nSPS) is 10.2. The summed E-state index contributed by atoms with van der Waals surface area (Å²) in [5.74, 6) is 0.487. The lowest BCUT2D eigenvalue weighted by Crippen LogP contribution is -2.07. The summed E-state index contributed by atoms with van der Waals surface area (Å²) in [5, 5.41) is 5.75. The molecule has 1 aromatic carbocycles. The Hall–Kier alpha value is -1.60. The number of esters is 1. The highest BCUT2D eigenvalue weighted by atomic mass is 79.9. The van der Waals surface area contributed by atoms with Crippen molar-refractivity contribution < 1.29 is 14.3 Å². The molecule has 2 aromatic rings. The summed E-state index contributed by atoms with van der Waals surface area (Å²) in [4.78, 5) is 15.8. The van der Waals surface area contributed by atoms with Gasteiger partial charge in [0, 0.05) is 15.9 Å². The fraction of sp³-hybridized carbons (Fsp3) is 0.286. The molecular weight excluding hydrogens is 356 g/mol. The number of methoxy groups -OCH3 is 1. The van der Waals surface area contributed by atoms with Crippen molar-refractivity contribution in [2.24, 2.45) is 0 Å². The van der Waals surface area contributed by atoms with Crippen LogP contribution in [0.4, 0.5) is 10.8 Å². The van der Waals surface area contributed by atoms with Gasteiger partial charge in [0.25, 0.3) is 0 Å². The molecule has 7 heteroatoms. The number of thiazole rings is 1. The van der Waals surface area contributed by atoms with Crippen molar-refractivity contribution in [1.29, 1.82) is 0 Å². The number of carbonyl (C=O) groups is 1. The number of rotatable bonds is 6. The first-order chi connectivity index (χ1) is 10.1. The molecule has 0 radical (unpaired) electrons. The van der Waals surface area contributed by atoms with Gasteiger partial charge in [-0.2, -0.15) is 0 Å². The van der Waals surface area contributed by atoms with Crippen molar-refractivity contribution in [3.8, 4) is 5.75 Å². The fourth-order valence-corrected chi connectivity index (χ4v) is 2.72. The smallest absolute Gasteiger partial charge is 0.311 e. The van der Waals surface area contributed by atoms with Gasteiger partial charge in [0.2, 0.25) is 0 Å². The van der Waals surface area contributed by atoms with E-state index in [-0.39, 0.29) is 12.4 Å². The summed E-state index contributed by atoms with van der Waals surface area (Å²) in [6.45, 7) is 2.16. The first-order valence-corrected chi connectivity index (χ1v) is 8.00. The second kappa shape index (κ2) is 7.42. The first-order valence-electron chi connectivity index (χ1n) is 6.33. The van der Waals surface area contributed by atoms with E-state index in [1.807, 2.05) is 23.6 Å². The van der Waals surface area contributed by atoms with Gasteiger partial charge in [0.1, 0.15) is 5.75 Å². The molecule has 0 amide bonds. The van der Waals surface area contributed by atoms with Gasteiger partial charge in [0.15, 0.2) is 5.13 Å². The van der Waals surface area contributed by atoms with Crippen LogP contribution in [0.2, 0.25) is 0 Å². The Labute approximate surface area is 135 Å². The van der Waals surface area contributed by atoms with Crippen LogP contribution in [0, 0.1) is 0 Å². The highest BCUT2D eigenvalue weighted by Gasteiger charge is 2.10. The molecule has 1 N–H and O–H groups in total. The summed E-state index contributed by atoms with van der Waals surface area (Å²) in [6.07, 6.45) is 0.186. The van der Waals surface area contributed by atoms with E-state index in [1.165, 1.54) is 11.3 Å². The average molecular weight is 371 g/mol. The number of nitrogens with one attached hydrogen (secondary N) is 1. The fourth-order valence-electron chi connectivity index (χ4n) is 1.65. The van der Waals surface area contributed by atoms with E-state index in [9.17, 15) is 4.79 Å². The Morgan fingerprint density at radius 1 is 1.48 bits per heavy atom. The van der Waals surface area contributed by atoms with Crippen molar-refractivity contribution in [1.82, 2.24) is 4.98 Å². The Morgan fingerprint density at radius 2 is 2.29 bits per heavy atom. The molecule has 0 aliphatic heterocycles. The zero-order chi connectivity index (χ0) is 15.2. The van der Waals surface area contributed by atoms with Crippen LogP contribution in [0.1, 0.15) is 12.6 Å². The second-order valence-electron chi connectivity index (χ2n) is 4.10. The van der Waals surface area contributed by atoms with Crippen LogP contribution in [0.5, 0.6) is 5.75 Å². The summed E-state index contributed by atoms with van der Waals surface area (Å²) in [7, 11) is 1.62. The summed E-state index contributed by atoms with van der Waals surface area (Å²) in [5.41, 5.74) is 1.55. The lowest BCUT2D eigenvalue weighted by Gasteiger charge is -2.07. The van der Waals surface area contributed by atoms with Crippen LogP contribution in [0.3, 0.4) is 0 Å². The minimum atomic E-state index is -0.267. The van der Waals surface area contributed by atoms with E-state index >= 15 is 0 Å². The predicted octanol–water partition coefficient (Wildman–Crippen LogP) is 3.76. The SMILES string of the molecule is CCOC(=O)Cc1csc(Nc2cc(OC)ccc2Br)n1. The molecular formula is C14H15BrN2O3S. The average Bonchev–Trinajstić information content (AvgIpc) is 2.88. The molecule has 0 saturated carbocycles. The quantitative estimate of drug-likeness (QED) is 0.784. The van der Waals surface area contributed by atoms with Crippen LogP contribution in [-0.4, -0.2) is 24.7 Å². The van der Waals surface area contributed by atoms with Crippen LogP contribution >= 0.6 is 27.3 Å². The molecule has 0 aliphatic carbocycles. The number of carbonyl (C=O) groups excluding carboxylic acids is 1. The van der Waals surface area contributed by atoms with Gasteiger partial charge in [-0.1, -0.05) is 0 Å². The number of hydrogen-bond donors (Lipinski definition) is 1. The molecule has 1 heterocycles. The molecule has 112 valence electrons. The molecule has 0 aliphatic rings. The van der Waals surface area contributed by atoms with Gasteiger partial charge in [-0.05, 0) is 35.0 Å². The second-order valence-corrected chi connectivity index (χ2v) is 5.81. The monoisotopic (exact) mass is 370 g/mol. The van der Waals surface area contributed by atoms with Crippen molar-refractivity contribution in [3.05, 3.63) is 33.7 Å². The van der Waals surface area contributed by atoms with E-state index in [0.717, 1.165) is 15.9 Å². The van der Waals surface area contributed by atoms with E-state index in [4.69, 9.17) is 9.47 Å². The molecule has 0 atom stereocenters. The van der Waals surface area contributed by atoms with Crippen LogP contribution in [0.15, 0.2) is 28.1 Å². The van der Waals surface area contributed by atoms with Gasteiger partial charge in [-0.3, -0.25) is 4.79 Å². The molecule has 21 heavy (non-hydrogen) atoms. The van der Waals surface area contributed by atoms with Crippen molar-refractivity contribution in [3.63, 3.8) is 0 Å². The maximum absolute atomic E-state index is 11.4. The molecule has 1 aromatic heterocycles.